The van der Waals surface area contributed by atoms with Crippen LogP contribution in [-0.2, 0) is 6.61 Å². The number of nitriles is 1. The van der Waals surface area contributed by atoms with E-state index in [1.165, 1.54) is 0 Å². The van der Waals surface area contributed by atoms with Gasteiger partial charge in [0.15, 0.2) is 0 Å². The van der Waals surface area contributed by atoms with Gasteiger partial charge in [-0.3, -0.25) is 0 Å². The smallest absolute Gasteiger partial charge is 0.125 e. The molecule has 20 heavy (non-hydrogen) atoms. The van der Waals surface area contributed by atoms with E-state index in [9.17, 15) is 0 Å². The van der Waals surface area contributed by atoms with Crippen molar-refractivity contribution in [3.05, 3.63) is 63.6 Å². The molecule has 0 spiro atoms. The fourth-order valence-corrected chi connectivity index (χ4v) is 2.26. The van der Waals surface area contributed by atoms with Crippen LogP contribution in [0.1, 0.15) is 29.7 Å². The molecular formula is C16H15BrN2O. The number of nitrogens with zero attached hydrogens (tertiary/aromatic N) is 1. The Morgan fingerprint density at radius 2 is 2.05 bits per heavy atom. The van der Waals surface area contributed by atoms with Crippen LogP contribution in [0.2, 0.25) is 0 Å². The summed E-state index contributed by atoms with van der Waals surface area (Å²) in [7, 11) is 0. The number of ether oxygens (including phenoxy) is 1. The molecule has 2 rings (SSSR count). The maximum atomic E-state index is 9.07. The fraction of sp³-hybridized carbons (Fsp3) is 0.188. The summed E-state index contributed by atoms with van der Waals surface area (Å²) in [5, 5.41) is 9.07. The lowest BCUT2D eigenvalue weighted by Gasteiger charge is -2.15. The Labute approximate surface area is 127 Å². The monoisotopic (exact) mass is 330 g/mol. The van der Waals surface area contributed by atoms with E-state index in [1.54, 1.807) is 6.07 Å². The molecule has 1 atom stereocenters. The molecule has 3 nitrogen and oxygen atoms in total. The van der Waals surface area contributed by atoms with Gasteiger partial charge >= 0.3 is 0 Å². The minimum atomic E-state index is -0.107. The predicted molar refractivity (Wildman–Crippen MR) is 82.2 cm³/mol. The van der Waals surface area contributed by atoms with E-state index in [-0.39, 0.29) is 6.04 Å². The Bertz CT molecular complexity index is 647. The van der Waals surface area contributed by atoms with Crippen LogP contribution in [0.4, 0.5) is 0 Å². The maximum absolute atomic E-state index is 9.07. The predicted octanol–water partition coefficient (Wildman–Crippen LogP) is 3.92. The number of hydrogen-bond acceptors (Lipinski definition) is 3. The Hall–Kier alpha value is -1.83. The number of rotatable bonds is 4. The molecule has 2 N–H and O–H groups in total. The summed E-state index contributed by atoms with van der Waals surface area (Å²) in [6, 6.07) is 15.3. The Morgan fingerprint density at radius 1 is 1.30 bits per heavy atom. The fourth-order valence-electron chi connectivity index (χ4n) is 1.92. The maximum Gasteiger partial charge on any atom is 0.125 e. The number of benzene rings is 2. The Morgan fingerprint density at radius 3 is 2.75 bits per heavy atom. The van der Waals surface area contributed by atoms with Gasteiger partial charge in [-0.1, -0.05) is 40.2 Å². The zero-order chi connectivity index (χ0) is 14.5. The molecule has 0 amide bonds. The van der Waals surface area contributed by atoms with Crippen molar-refractivity contribution in [2.75, 3.05) is 0 Å². The quantitative estimate of drug-likeness (QED) is 0.924. The standard InChI is InChI=1S/C16H15BrN2O/c1-11(19)15-7-6-14(17)8-16(15)20-10-13-5-3-2-4-12(13)9-18/h2-8,11H,10,19H2,1H3. The molecule has 0 aromatic heterocycles. The SMILES string of the molecule is CC(N)c1ccc(Br)cc1OCc1ccccc1C#N. The van der Waals surface area contributed by atoms with Gasteiger partial charge in [0.25, 0.3) is 0 Å². The Balaban J connectivity index is 2.23. The highest BCUT2D eigenvalue weighted by molar-refractivity contribution is 9.10. The average Bonchev–Trinajstić information content (AvgIpc) is 2.45. The second-order valence-corrected chi connectivity index (χ2v) is 5.44. The van der Waals surface area contributed by atoms with Crippen molar-refractivity contribution in [3.8, 4) is 11.8 Å². The van der Waals surface area contributed by atoms with Crippen LogP contribution in [0.3, 0.4) is 0 Å². The first-order chi connectivity index (χ1) is 9.61. The minimum absolute atomic E-state index is 0.107. The van der Waals surface area contributed by atoms with E-state index in [4.69, 9.17) is 15.7 Å². The van der Waals surface area contributed by atoms with Gasteiger partial charge < -0.3 is 10.5 Å². The summed E-state index contributed by atoms with van der Waals surface area (Å²) >= 11 is 3.43. The Kier molecular flexibility index (Phi) is 4.78. The summed E-state index contributed by atoms with van der Waals surface area (Å²) < 4.78 is 6.78. The molecule has 0 radical (unpaired) electrons. The molecule has 102 valence electrons. The van der Waals surface area contributed by atoms with E-state index in [2.05, 4.69) is 22.0 Å². The summed E-state index contributed by atoms with van der Waals surface area (Å²) in [6.45, 7) is 2.26. The first-order valence-corrected chi connectivity index (χ1v) is 7.07. The highest BCUT2D eigenvalue weighted by Crippen LogP contribution is 2.28. The van der Waals surface area contributed by atoms with Gasteiger partial charge in [-0.25, -0.2) is 0 Å². The molecule has 0 aliphatic rings. The van der Waals surface area contributed by atoms with E-state index in [0.717, 1.165) is 21.3 Å². The third-order valence-electron chi connectivity index (χ3n) is 2.99. The molecule has 0 aliphatic heterocycles. The summed E-state index contributed by atoms with van der Waals surface area (Å²) in [4.78, 5) is 0. The normalized spacial score (nSPS) is 11.7. The second kappa shape index (κ2) is 6.56. The van der Waals surface area contributed by atoms with Gasteiger partial charge in [-0.05, 0) is 25.1 Å². The molecular weight excluding hydrogens is 316 g/mol. The van der Waals surface area contributed by atoms with Gasteiger partial charge in [0.1, 0.15) is 12.4 Å². The number of hydrogen-bond donors (Lipinski definition) is 1. The van der Waals surface area contributed by atoms with Crippen LogP contribution in [0.5, 0.6) is 5.75 Å². The van der Waals surface area contributed by atoms with Crippen LogP contribution >= 0.6 is 15.9 Å². The molecule has 0 fully saturated rings. The van der Waals surface area contributed by atoms with E-state index in [0.29, 0.717) is 12.2 Å². The van der Waals surface area contributed by atoms with Crippen LogP contribution < -0.4 is 10.5 Å². The van der Waals surface area contributed by atoms with E-state index >= 15 is 0 Å². The molecule has 4 heteroatoms. The van der Waals surface area contributed by atoms with Crippen molar-refractivity contribution >= 4 is 15.9 Å². The van der Waals surface area contributed by atoms with Crippen LogP contribution in [0, 0.1) is 11.3 Å². The lowest BCUT2D eigenvalue weighted by molar-refractivity contribution is 0.301. The molecule has 0 aliphatic carbocycles. The number of halogens is 1. The van der Waals surface area contributed by atoms with Crippen LogP contribution in [0.25, 0.3) is 0 Å². The van der Waals surface area contributed by atoms with Crippen LogP contribution in [0.15, 0.2) is 46.9 Å². The summed E-state index contributed by atoms with van der Waals surface area (Å²) in [6.07, 6.45) is 0. The average molecular weight is 331 g/mol. The lowest BCUT2D eigenvalue weighted by Crippen LogP contribution is -2.08. The van der Waals surface area contributed by atoms with Gasteiger partial charge in [-0.15, -0.1) is 0 Å². The second-order valence-electron chi connectivity index (χ2n) is 4.53. The molecule has 2 aromatic rings. The van der Waals surface area contributed by atoms with E-state index in [1.807, 2.05) is 43.3 Å². The third-order valence-corrected chi connectivity index (χ3v) is 3.48. The minimum Gasteiger partial charge on any atom is -0.488 e. The molecule has 1 unspecified atom stereocenters. The van der Waals surface area contributed by atoms with Crippen molar-refractivity contribution in [1.82, 2.24) is 0 Å². The number of nitrogens with two attached hydrogens (primary N) is 1. The highest BCUT2D eigenvalue weighted by Gasteiger charge is 2.10. The van der Waals surface area contributed by atoms with Crippen molar-refractivity contribution in [2.45, 2.75) is 19.6 Å². The first-order valence-electron chi connectivity index (χ1n) is 6.27. The van der Waals surface area contributed by atoms with Gasteiger partial charge in [0, 0.05) is 21.6 Å². The molecule has 0 bridgehead atoms. The zero-order valence-corrected chi connectivity index (χ0v) is 12.7. The zero-order valence-electron chi connectivity index (χ0n) is 11.1. The van der Waals surface area contributed by atoms with Crippen LogP contribution in [-0.4, -0.2) is 0 Å². The molecule has 0 heterocycles. The summed E-state index contributed by atoms with van der Waals surface area (Å²) in [5.74, 6) is 0.738. The van der Waals surface area contributed by atoms with Crippen molar-refractivity contribution in [2.24, 2.45) is 5.73 Å². The molecule has 2 aromatic carbocycles. The summed E-state index contributed by atoms with van der Waals surface area (Å²) in [5.41, 5.74) is 8.38. The third kappa shape index (κ3) is 3.38. The first kappa shape index (κ1) is 14.6. The molecule has 0 saturated carbocycles. The van der Waals surface area contributed by atoms with Crippen molar-refractivity contribution < 1.29 is 4.74 Å². The van der Waals surface area contributed by atoms with Crippen molar-refractivity contribution in [3.63, 3.8) is 0 Å². The van der Waals surface area contributed by atoms with Gasteiger partial charge in [0.2, 0.25) is 0 Å². The van der Waals surface area contributed by atoms with Gasteiger partial charge in [0.05, 0.1) is 11.6 Å². The topological polar surface area (TPSA) is 59.0 Å². The molecule has 0 saturated heterocycles. The largest absolute Gasteiger partial charge is 0.488 e. The van der Waals surface area contributed by atoms with E-state index < -0.39 is 0 Å². The lowest BCUT2D eigenvalue weighted by atomic mass is 10.1. The van der Waals surface area contributed by atoms with Gasteiger partial charge in [-0.2, -0.15) is 5.26 Å². The van der Waals surface area contributed by atoms with Crippen molar-refractivity contribution in [1.29, 1.82) is 5.26 Å². The highest BCUT2D eigenvalue weighted by atomic mass is 79.9.